The monoisotopic (exact) mass is 476 g/mol. The number of aromatic nitrogens is 2. The number of H-pyrrole nitrogens is 1. The van der Waals surface area contributed by atoms with Crippen molar-refractivity contribution in [2.75, 3.05) is 44.8 Å². The predicted molar refractivity (Wildman–Crippen MR) is 130 cm³/mol. The van der Waals surface area contributed by atoms with E-state index < -0.39 is 11.4 Å². The van der Waals surface area contributed by atoms with Crippen LogP contribution in [0.1, 0.15) is 44.3 Å². The Morgan fingerprint density at radius 2 is 1.79 bits per heavy atom. The zero-order valence-corrected chi connectivity index (χ0v) is 19.8. The molecule has 33 heavy (non-hydrogen) atoms. The zero-order valence-electron chi connectivity index (χ0n) is 19.0. The van der Waals surface area contributed by atoms with Gasteiger partial charge in [-0.15, -0.1) is 0 Å². The standard InChI is InChI=1S/C24H33FN4O3S/c25-20-13-17(26-16-1-3-18(4-2-16)29-7-11-32-12-8-29)14-21-23(20)24(30)28-22(27-21)15-33-19-5-9-31-10-6-19/h13-14,16,18-19,26H,1-12,15H2,(H,27,28,30). The molecule has 1 aliphatic carbocycles. The van der Waals surface area contributed by atoms with Gasteiger partial charge in [0.1, 0.15) is 17.0 Å². The summed E-state index contributed by atoms with van der Waals surface area (Å²) in [4.78, 5) is 22.5. The van der Waals surface area contributed by atoms with Crippen molar-refractivity contribution < 1.29 is 13.9 Å². The molecule has 3 heterocycles. The Morgan fingerprint density at radius 1 is 1.06 bits per heavy atom. The lowest BCUT2D eigenvalue weighted by Crippen LogP contribution is -2.46. The average molecular weight is 477 g/mol. The number of aromatic amines is 1. The maximum atomic E-state index is 14.8. The molecule has 0 spiro atoms. The first-order chi connectivity index (χ1) is 16.2. The topological polar surface area (TPSA) is 79.5 Å². The van der Waals surface area contributed by atoms with E-state index in [0.717, 1.165) is 78.0 Å². The molecule has 1 saturated carbocycles. The van der Waals surface area contributed by atoms with Crippen LogP contribution in [0.3, 0.4) is 0 Å². The predicted octanol–water partition coefficient (Wildman–Crippen LogP) is 3.53. The van der Waals surface area contributed by atoms with E-state index in [-0.39, 0.29) is 5.39 Å². The highest BCUT2D eigenvalue weighted by molar-refractivity contribution is 7.99. The number of hydrogen-bond acceptors (Lipinski definition) is 7. The number of ether oxygens (including phenoxy) is 2. The second-order valence-corrected chi connectivity index (χ2v) is 10.6. The molecule has 0 radical (unpaired) electrons. The Balaban J connectivity index is 1.24. The van der Waals surface area contributed by atoms with Crippen molar-refractivity contribution in [1.29, 1.82) is 0 Å². The molecule has 5 rings (SSSR count). The van der Waals surface area contributed by atoms with E-state index in [4.69, 9.17) is 9.47 Å². The summed E-state index contributed by atoms with van der Waals surface area (Å²) in [5.41, 5.74) is 0.722. The lowest BCUT2D eigenvalue weighted by molar-refractivity contribution is 0.00791. The Bertz CT molecular complexity index is 999. The van der Waals surface area contributed by atoms with Gasteiger partial charge in [0.05, 0.1) is 24.5 Å². The van der Waals surface area contributed by atoms with Crippen LogP contribution >= 0.6 is 11.8 Å². The number of nitrogens with one attached hydrogen (secondary N) is 2. The minimum absolute atomic E-state index is 0.0383. The summed E-state index contributed by atoms with van der Waals surface area (Å²) in [5, 5.41) is 4.05. The van der Waals surface area contributed by atoms with Crippen LogP contribution in [0.2, 0.25) is 0 Å². The molecule has 2 N–H and O–H groups in total. The Hall–Kier alpha value is -1.68. The quantitative estimate of drug-likeness (QED) is 0.660. The third-order valence-corrected chi connectivity index (χ3v) is 8.45. The maximum absolute atomic E-state index is 14.8. The molecule has 0 bridgehead atoms. The number of morpholine rings is 1. The van der Waals surface area contributed by atoms with Crippen molar-refractivity contribution in [2.45, 2.75) is 61.6 Å². The molecule has 0 unspecified atom stereocenters. The second-order valence-electron chi connectivity index (χ2n) is 9.29. The lowest BCUT2D eigenvalue weighted by Gasteiger charge is -2.39. The van der Waals surface area contributed by atoms with Gasteiger partial charge in [0.15, 0.2) is 0 Å². The highest BCUT2D eigenvalue weighted by Crippen LogP contribution is 2.28. The molecule has 3 aliphatic rings. The zero-order chi connectivity index (χ0) is 22.6. The van der Waals surface area contributed by atoms with E-state index in [1.807, 2.05) is 6.07 Å². The van der Waals surface area contributed by atoms with Crippen molar-refractivity contribution in [2.24, 2.45) is 0 Å². The summed E-state index contributed by atoms with van der Waals surface area (Å²) in [6, 6.07) is 4.19. The first-order valence-corrected chi connectivity index (χ1v) is 13.2. The Kier molecular flexibility index (Phi) is 7.49. The molecule has 3 fully saturated rings. The molecule has 2 aromatic rings. The summed E-state index contributed by atoms with van der Waals surface area (Å²) in [6.45, 7) is 5.27. The van der Waals surface area contributed by atoms with Crippen LogP contribution in [-0.2, 0) is 15.2 Å². The molecule has 0 atom stereocenters. The van der Waals surface area contributed by atoms with E-state index in [1.54, 1.807) is 11.8 Å². The lowest BCUT2D eigenvalue weighted by atomic mass is 9.89. The molecule has 1 aromatic heterocycles. The van der Waals surface area contributed by atoms with Crippen molar-refractivity contribution in [3.63, 3.8) is 0 Å². The van der Waals surface area contributed by atoms with E-state index in [2.05, 4.69) is 20.2 Å². The molecule has 2 aliphatic heterocycles. The Morgan fingerprint density at radius 3 is 2.55 bits per heavy atom. The molecule has 2 saturated heterocycles. The molecule has 1 aromatic carbocycles. The van der Waals surface area contributed by atoms with E-state index in [1.165, 1.54) is 6.07 Å². The molecular weight excluding hydrogens is 443 g/mol. The molecule has 0 amide bonds. The van der Waals surface area contributed by atoms with Gasteiger partial charge in [0.25, 0.3) is 5.56 Å². The maximum Gasteiger partial charge on any atom is 0.261 e. The first-order valence-electron chi connectivity index (χ1n) is 12.2. The first kappa shape index (κ1) is 23.1. The van der Waals surface area contributed by atoms with Crippen LogP contribution in [0, 0.1) is 5.82 Å². The van der Waals surface area contributed by atoms with Crippen LogP contribution in [0.15, 0.2) is 16.9 Å². The van der Waals surface area contributed by atoms with Gasteiger partial charge in [-0.05, 0) is 50.7 Å². The second kappa shape index (κ2) is 10.7. The highest BCUT2D eigenvalue weighted by atomic mass is 32.2. The average Bonchev–Trinajstić information content (AvgIpc) is 2.84. The minimum Gasteiger partial charge on any atom is -0.382 e. The van der Waals surface area contributed by atoms with Gasteiger partial charge in [-0.2, -0.15) is 11.8 Å². The van der Waals surface area contributed by atoms with Gasteiger partial charge in [-0.1, -0.05) is 0 Å². The number of rotatable bonds is 6. The number of anilines is 1. The number of halogens is 1. The third-order valence-electron chi connectivity index (χ3n) is 7.06. The van der Waals surface area contributed by atoms with Crippen molar-refractivity contribution in [3.05, 3.63) is 34.1 Å². The van der Waals surface area contributed by atoms with Gasteiger partial charge < -0.3 is 19.8 Å². The summed E-state index contributed by atoms with van der Waals surface area (Å²) in [6.07, 6.45) is 6.41. The van der Waals surface area contributed by atoms with Crippen LogP contribution in [-0.4, -0.2) is 71.7 Å². The van der Waals surface area contributed by atoms with E-state index in [9.17, 15) is 9.18 Å². The number of benzene rings is 1. The summed E-state index contributed by atoms with van der Waals surface area (Å²) >= 11 is 1.78. The normalized spacial score (nSPS) is 25.4. The van der Waals surface area contributed by atoms with Crippen molar-refractivity contribution >= 4 is 28.4 Å². The number of fused-ring (bicyclic) bond motifs is 1. The molecule has 9 heteroatoms. The van der Waals surface area contributed by atoms with Crippen LogP contribution in [0.5, 0.6) is 0 Å². The molecule has 7 nitrogen and oxygen atoms in total. The SMILES string of the molecule is O=c1[nH]c(CSC2CCOCC2)nc2cc(NC3CCC(N4CCOCC4)CC3)cc(F)c12. The molecular formula is C24H33FN4O3S. The highest BCUT2D eigenvalue weighted by Gasteiger charge is 2.27. The van der Waals surface area contributed by atoms with Crippen LogP contribution < -0.4 is 10.9 Å². The molecule has 180 valence electrons. The third kappa shape index (κ3) is 5.70. The fourth-order valence-corrected chi connectivity index (χ4v) is 6.28. The van der Waals surface area contributed by atoms with E-state index >= 15 is 0 Å². The van der Waals surface area contributed by atoms with Gasteiger partial charge in [0, 0.05) is 49.3 Å². The number of thioether (sulfide) groups is 1. The van der Waals surface area contributed by atoms with Crippen molar-refractivity contribution in [1.82, 2.24) is 14.9 Å². The van der Waals surface area contributed by atoms with Crippen LogP contribution in [0.25, 0.3) is 10.9 Å². The van der Waals surface area contributed by atoms with Gasteiger partial charge in [-0.3, -0.25) is 9.69 Å². The van der Waals surface area contributed by atoms with Gasteiger partial charge in [0.2, 0.25) is 0 Å². The minimum atomic E-state index is -0.519. The number of hydrogen-bond donors (Lipinski definition) is 2. The van der Waals surface area contributed by atoms with E-state index in [0.29, 0.717) is 40.1 Å². The van der Waals surface area contributed by atoms with Crippen LogP contribution in [0.4, 0.5) is 10.1 Å². The summed E-state index contributed by atoms with van der Waals surface area (Å²) in [7, 11) is 0. The Labute approximate surface area is 197 Å². The fraction of sp³-hybridized carbons (Fsp3) is 0.667. The number of nitrogens with zero attached hydrogens (tertiary/aromatic N) is 2. The van der Waals surface area contributed by atoms with Gasteiger partial charge in [-0.25, -0.2) is 9.37 Å². The van der Waals surface area contributed by atoms with Gasteiger partial charge >= 0.3 is 0 Å². The largest absolute Gasteiger partial charge is 0.382 e. The summed E-state index contributed by atoms with van der Waals surface area (Å²) < 4.78 is 25.7. The van der Waals surface area contributed by atoms with Crippen molar-refractivity contribution in [3.8, 4) is 0 Å². The smallest absolute Gasteiger partial charge is 0.261 e. The fourth-order valence-electron chi connectivity index (χ4n) is 5.23. The summed E-state index contributed by atoms with van der Waals surface area (Å²) in [5.74, 6) is 0.696.